The van der Waals surface area contributed by atoms with Crippen LogP contribution in [0.1, 0.15) is 31.8 Å². The Morgan fingerprint density at radius 2 is 2.00 bits per heavy atom. The number of nitrogens with zero attached hydrogens (tertiary/aromatic N) is 4. The molecule has 0 saturated carbocycles. The van der Waals surface area contributed by atoms with Gasteiger partial charge in [0.25, 0.3) is 0 Å². The minimum Gasteiger partial charge on any atom is -0.354 e. The molecule has 21 heavy (non-hydrogen) atoms. The summed E-state index contributed by atoms with van der Waals surface area (Å²) < 4.78 is 40.4. The van der Waals surface area contributed by atoms with Crippen LogP contribution in [0.3, 0.4) is 0 Å². The summed E-state index contributed by atoms with van der Waals surface area (Å²) in [6, 6.07) is 0.929. The van der Waals surface area contributed by atoms with Crippen molar-refractivity contribution < 1.29 is 13.2 Å². The van der Waals surface area contributed by atoms with E-state index in [2.05, 4.69) is 20.3 Å². The van der Waals surface area contributed by atoms with E-state index >= 15 is 0 Å². The molecule has 0 amide bonds. The van der Waals surface area contributed by atoms with Gasteiger partial charge in [0.2, 0.25) is 5.95 Å². The second kappa shape index (κ2) is 6.11. The van der Waals surface area contributed by atoms with Crippen molar-refractivity contribution >= 4 is 5.95 Å². The Morgan fingerprint density at radius 3 is 2.62 bits per heavy atom. The molecule has 114 valence electrons. The zero-order valence-corrected chi connectivity index (χ0v) is 11.8. The van der Waals surface area contributed by atoms with Crippen LogP contribution in [-0.2, 0) is 12.6 Å². The lowest BCUT2D eigenvalue weighted by molar-refractivity contribution is -0.141. The molecular weight excluding hydrogens is 283 g/mol. The topological polar surface area (TPSA) is 55.6 Å². The molecule has 0 aliphatic heterocycles. The molecule has 5 nitrogen and oxygen atoms in total. The fourth-order valence-electron chi connectivity index (χ4n) is 1.82. The maximum atomic E-state index is 13.0. The first-order valence-corrected chi connectivity index (χ1v) is 6.68. The molecule has 0 spiro atoms. The number of aromatic nitrogens is 4. The lowest BCUT2D eigenvalue weighted by Crippen LogP contribution is -2.15. The van der Waals surface area contributed by atoms with E-state index in [-0.39, 0.29) is 11.8 Å². The summed E-state index contributed by atoms with van der Waals surface area (Å²) in [4.78, 5) is 11.8. The van der Waals surface area contributed by atoms with Crippen molar-refractivity contribution in [3.05, 3.63) is 30.0 Å². The maximum absolute atomic E-state index is 13.0. The number of hydrogen-bond donors (Lipinski definition) is 1. The number of aryl methyl sites for hydroxylation is 1. The van der Waals surface area contributed by atoms with Gasteiger partial charge in [-0.05, 0) is 6.42 Å². The molecule has 0 saturated heterocycles. The fraction of sp³-hybridized carbons (Fsp3) is 0.462. The number of halogens is 3. The standard InChI is InChI=1S/C13H16F3N5/c1-3-5-18-12-19-9(13(14,15)16)8-11(20-12)21-7-6-17-10(21)4-2/h6-8H,3-5H2,1-2H3,(H,18,19,20). The summed E-state index contributed by atoms with van der Waals surface area (Å²) in [5.74, 6) is 0.769. The van der Waals surface area contributed by atoms with Gasteiger partial charge in [0.05, 0.1) is 0 Å². The fourth-order valence-corrected chi connectivity index (χ4v) is 1.82. The van der Waals surface area contributed by atoms with Crippen LogP contribution in [0.4, 0.5) is 19.1 Å². The van der Waals surface area contributed by atoms with Crippen molar-refractivity contribution in [2.45, 2.75) is 32.9 Å². The van der Waals surface area contributed by atoms with Crippen LogP contribution in [0.25, 0.3) is 5.82 Å². The Kier molecular flexibility index (Phi) is 4.44. The SMILES string of the molecule is CCCNc1nc(-n2ccnc2CC)cc(C(F)(F)F)n1. The van der Waals surface area contributed by atoms with Gasteiger partial charge in [-0.3, -0.25) is 4.57 Å². The predicted octanol–water partition coefficient (Wildman–Crippen LogP) is 3.07. The smallest absolute Gasteiger partial charge is 0.354 e. The van der Waals surface area contributed by atoms with E-state index in [0.717, 1.165) is 12.5 Å². The largest absolute Gasteiger partial charge is 0.433 e. The minimum absolute atomic E-state index is 0.0302. The first-order valence-electron chi connectivity index (χ1n) is 6.68. The molecule has 0 aromatic carbocycles. The second-order valence-corrected chi connectivity index (χ2v) is 4.43. The highest BCUT2D eigenvalue weighted by Crippen LogP contribution is 2.29. The molecular formula is C13H16F3N5. The Bertz CT molecular complexity index is 606. The van der Waals surface area contributed by atoms with E-state index in [4.69, 9.17) is 0 Å². The van der Waals surface area contributed by atoms with Gasteiger partial charge in [-0.2, -0.15) is 18.2 Å². The van der Waals surface area contributed by atoms with Gasteiger partial charge >= 0.3 is 6.18 Å². The van der Waals surface area contributed by atoms with Crippen molar-refractivity contribution in [1.29, 1.82) is 0 Å². The molecule has 0 bridgehead atoms. The number of nitrogens with one attached hydrogen (secondary N) is 1. The van der Waals surface area contributed by atoms with Crippen LogP contribution in [0.15, 0.2) is 18.5 Å². The molecule has 2 aromatic heterocycles. The zero-order valence-electron chi connectivity index (χ0n) is 11.8. The van der Waals surface area contributed by atoms with Crippen LogP contribution in [0, 0.1) is 0 Å². The van der Waals surface area contributed by atoms with Crippen molar-refractivity contribution in [1.82, 2.24) is 19.5 Å². The minimum atomic E-state index is -4.52. The summed E-state index contributed by atoms with van der Waals surface area (Å²) in [6.45, 7) is 4.29. The monoisotopic (exact) mass is 299 g/mol. The van der Waals surface area contributed by atoms with E-state index in [1.165, 1.54) is 10.8 Å². The summed E-state index contributed by atoms with van der Waals surface area (Å²) >= 11 is 0. The van der Waals surface area contributed by atoms with Gasteiger partial charge in [0.1, 0.15) is 11.6 Å². The van der Waals surface area contributed by atoms with Crippen LogP contribution in [0.2, 0.25) is 0 Å². The number of rotatable bonds is 5. The highest BCUT2D eigenvalue weighted by atomic mass is 19.4. The van der Waals surface area contributed by atoms with Crippen molar-refractivity contribution in [2.24, 2.45) is 0 Å². The maximum Gasteiger partial charge on any atom is 0.433 e. The van der Waals surface area contributed by atoms with Crippen molar-refractivity contribution in [3.8, 4) is 5.82 Å². The van der Waals surface area contributed by atoms with Crippen LogP contribution in [0.5, 0.6) is 0 Å². The van der Waals surface area contributed by atoms with Gasteiger partial charge in [-0.15, -0.1) is 0 Å². The summed E-state index contributed by atoms with van der Waals surface area (Å²) in [5, 5.41) is 2.79. The van der Waals surface area contributed by atoms with E-state index in [0.29, 0.717) is 18.8 Å². The van der Waals surface area contributed by atoms with E-state index in [9.17, 15) is 13.2 Å². The number of hydrogen-bond acceptors (Lipinski definition) is 4. The third-order valence-electron chi connectivity index (χ3n) is 2.82. The Morgan fingerprint density at radius 1 is 1.24 bits per heavy atom. The van der Waals surface area contributed by atoms with E-state index in [1.807, 2.05) is 13.8 Å². The van der Waals surface area contributed by atoms with Gasteiger partial charge in [0, 0.05) is 31.4 Å². The second-order valence-electron chi connectivity index (χ2n) is 4.43. The third-order valence-corrected chi connectivity index (χ3v) is 2.82. The lowest BCUT2D eigenvalue weighted by Gasteiger charge is -2.12. The first kappa shape index (κ1) is 15.3. The number of imidazole rings is 1. The molecule has 0 atom stereocenters. The van der Waals surface area contributed by atoms with Gasteiger partial charge in [-0.25, -0.2) is 9.97 Å². The highest BCUT2D eigenvalue weighted by Gasteiger charge is 2.34. The molecule has 8 heteroatoms. The van der Waals surface area contributed by atoms with Crippen molar-refractivity contribution in [3.63, 3.8) is 0 Å². The van der Waals surface area contributed by atoms with E-state index in [1.54, 1.807) is 6.20 Å². The molecule has 0 unspecified atom stereocenters. The number of alkyl halides is 3. The van der Waals surface area contributed by atoms with Crippen LogP contribution >= 0.6 is 0 Å². The van der Waals surface area contributed by atoms with E-state index < -0.39 is 11.9 Å². The van der Waals surface area contributed by atoms with Crippen LogP contribution in [-0.4, -0.2) is 26.1 Å². The normalized spacial score (nSPS) is 11.7. The average Bonchev–Trinajstić information content (AvgIpc) is 2.92. The Labute approximate surface area is 120 Å². The number of anilines is 1. The summed E-state index contributed by atoms with van der Waals surface area (Å²) in [7, 11) is 0. The average molecular weight is 299 g/mol. The summed E-state index contributed by atoms with van der Waals surface area (Å²) in [5.41, 5.74) is -0.971. The Balaban J connectivity index is 2.49. The summed E-state index contributed by atoms with van der Waals surface area (Å²) in [6.07, 6.45) is -0.0398. The molecule has 0 fully saturated rings. The highest BCUT2D eigenvalue weighted by molar-refractivity contribution is 5.37. The van der Waals surface area contributed by atoms with Gasteiger partial charge in [-0.1, -0.05) is 13.8 Å². The molecule has 0 aliphatic carbocycles. The molecule has 2 aromatic rings. The lowest BCUT2D eigenvalue weighted by atomic mass is 10.3. The molecule has 0 radical (unpaired) electrons. The van der Waals surface area contributed by atoms with Crippen molar-refractivity contribution in [2.75, 3.05) is 11.9 Å². The quantitative estimate of drug-likeness (QED) is 0.922. The molecule has 1 N–H and O–H groups in total. The molecule has 2 heterocycles. The molecule has 2 rings (SSSR count). The van der Waals surface area contributed by atoms with Gasteiger partial charge in [0.15, 0.2) is 5.69 Å². The van der Waals surface area contributed by atoms with Crippen LogP contribution < -0.4 is 5.32 Å². The van der Waals surface area contributed by atoms with Gasteiger partial charge < -0.3 is 5.32 Å². The zero-order chi connectivity index (χ0) is 15.5. The predicted molar refractivity (Wildman–Crippen MR) is 72.3 cm³/mol. The molecule has 0 aliphatic rings. The first-order chi connectivity index (χ1) is 9.95. The third kappa shape index (κ3) is 3.50. The Hall–Kier alpha value is -2.12.